The van der Waals surface area contributed by atoms with Crippen LogP contribution in [0.1, 0.15) is 16.7 Å². The Bertz CT molecular complexity index is 979. The number of methoxy groups -OCH3 is 1. The molecule has 0 radical (unpaired) electrons. The molecule has 0 fully saturated rings. The zero-order chi connectivity index (χ0) is 19.2. The molecule has 0 unspecified atom stereocenters. The largest absolute Gasteiger partial charge is 0.481 e. The van der Waals surface area contributed by atoms with E-state index in [0.717, 1.165) is 33.5 Å². The highest BCUT2D eigenvalue weighted by Gasteiger charge is 2.06. The number of hydrogen-bond donors (Lipinski definition) is 1. The van der Waals surface area contributed by atoms with Crippen molar-refractivity contribution in [1.29, 1.82) is 0 Å². The maximum Gasteiger partial charge on any atom is 0.248 e. The Kier molecular flexibility index (Phi) is 5.61. The van der Waals surface area contributed by atoms with Gasteiger partial charge in [0.15, 0.2) is 0 Å². The first kappa shape index (κ1) is 18.3. The van der Waals surface area contributed by atoms with Crippen LogP contribution in [0.5, 0.6) is 5.88 Å². The zero-order valence-corrected chi connectivity index (χ0v) is 15.6. The van der Waals surface area contributed by atoms with Crippen LogP contribution in [0.25, 0.3) is 17.2 Å². The predicted octanol–water partition coefficient (Wildman–Crippen LogP) is 4.42. The van der Waals surface area contributed by atoms with E-state index in [4.69, 9.17) is 4.74 Å². The molecule has 1 amide bonds. The van der Waals surface area contributed by atoms with Gasteiger partial charge >= 0.3 is 0 Å². The summed E-state index contributed by atoms with van der Waals surface area (Å²) in [5.41, 5.74) is 5.66. The molecule has 0 spiro atoms. The molecule has 27 heavy (non-hydrogen) atoms. The van der Waals surface area contributed by atoms with Gasteiger partial charge in [-0.05, 0) is 60.4 Å². The number of benzene rings is 1. The maximum absolute atomic E-state index is 12.3. The van der Waals surface area contributed by atoms with Crippen molar-refractivity contribution >= 4 is 17.7 Å². The maximum atomic E-state index is 12.3. The number of hydrogen-bond acceptors (Lipinski definition) is 4. The van der Waals surface area contributed by atoms with Gasteiger partial charge in [-0.1, -0.05) is 12.1 Å². The van der Waals surface area contributed by atoms with Crippen molar-refractivity contribution in [1.82, 2.24) is 9.97 Å². The number of amides is 1. The molecule has 5 heteroatoms. The molecule has 0 atom stereocenters. The second kappa shape index (κ2) is 8.27. The second-order valence-electron chi connectivity index (χ2n) is 6.17. The van der Waals surface area contributed by atoms with Crippen LogP contribution in [0, 0.1) is 13.8 Å². The van der Waals surface area contributed by atoms with Crippen LogP contribution in [0.3, 0.4) is 0 Å². The molecule has 0 aliphatic rings. The van der Waals surface area contributed by atoms with Crippen molar-refractivity contribution < 1.29 is 9.53 Å². The number of anilines is 1. The minimum absolute atomic E-state index is 0.189. The van der Waals surface area contributed by atoms with E-state index in [2.05, 4.69) is 15.3 Å². The number of aromatic nitrogens is 2. The summed E-state index contributed by atoms with van der Waals surface area (Å²) in [5.74, 6) is 0.376. The molecule has 0 saturated heterocycles. The number of aryl methyl sites for hydroxylation is 2. The van der Waals surface area contributed by atoms with E-state index in [1.165, 1.54) is 6.08 Å². The summed E-state index contributed by atoms with van der Waals surface area (Å²) in [6, 6.07) is 11.6. The van der Waals surface area contributed by atoms with E-state index in [9.17, 15) is 4.79 Å². The van der Waals surface area contributed by atoms with Crippen LogP contribution in [0.4, 0.5) is 5.69 Å². The fourth-order valence-electron chi connectivity index (χ4n) is 2.60. The Labute approximate surface area is 158 Å². The fraction of sp³-hybridized carbons (Fsp3) is 0.136. The molecule has 136 valence electrons. The molecular weight excluding hydrogens is 338 g/mol. The number of pyridine rings is 2. The summed E-state index contributed by atoms with van der Waals surface area (Å²) in [6.45, 7) is 3.94. The molecule has 3 rings (SSSR count). The van der Waals surface area contributed by atoms with Crippen LogP contribution < -0.4 is 10.1 Å². The molecule has 0 aliphatic carbocycles. The van der Waals surface area contributed by atoms with Crippen molar-refractivity contribution in [2.24, 2.45) is 0 Å². The average Bonchev–Trinajstić information content (AvgIpc) is 2.69. The summed E-state index contributed by atoms with van der Waals surface area (Å²) in [5, 5.41) is 2.94. The summed E-state index contributed by atoms with van der Waals surface area (Å²) in [4.78, 5) is 20.6. The second-order valence-corrected chi connectivity index (χ2v) is 6.17. The molecule has 3 aromatic rings. The van der Waals surface area contributed by atoms with Gasteiger partial charge in [-0.2, -0.15) is 0 Å². The van der Waals surface area contributed by atoms with E-state index >= 15 is 0 Å². The first-order chi connectivity index (χ1) is 13.1. The van der Waals surface area contributed by atoms with E-state index < -0.39 is 0 Å². The molecule has 2 aromatic heterocycles. The Morgan fingerprint density at radius 1 is 1.04 bits per heavy atom. The summed E-state index contributed by atoms with van der Waals surface area (Å²) in [6.07, 6.45) is 8.51. The van der Waals surface area contributed by atoms with Crippen molar-refractivity contribution in [3.05, 3.63) is 77.8 Å². The number of ether oxygens (including phenoxy) is 1. The van der Waals surface area contributed by atoms with E-state index in [1.54, 1.807) is 31.8 Å². The van der Waals surface area contributed by atoms with E-state index in [1.807, 2.05) is 50.2 Å². The Morgan fingerprint density at radius 2 is 1.85 bits per heavy atom. The highest BCUT2D eigenvalue weighted by Crippen LogP contribution is 2.26. The number of rotatable bonds is 5. The number of carbonyl (C=O) groups is 1. The number of nitrogens with one attached hydrogen (secondary N) is 1. The van der Waals surface area contributed by atoms with Gasteiger partial charge in [0.05, 0.1) is 7.11 Å². The molecule has 2 heterocycles. The van der Waals surface area contributed by atoms with Crippen molar-refractivity contribution in [3.8, 4) is 17.0 Å². The highest BCUT2D eigenvalue weighted by molar-refractivity contribution is 6.02. The lowest BCUT2D eigenvalue weighted by atomic mass is 10.0. The lowest BCUT2D eigenvalue weighted by Gasteiger charge is -2.10. The lowest BCUT2D eigenvalue weighted by Crippen LogP contribution is -2.09. The van der Waals surface area contributed by atoms with Gasteiger partial charge in [-0.15, -0.1) is 0 Å². The van der Waals surface area contributed by atoms with Crippen LogP contribution in [-0.4, -0.2) is 23.0 Å². The molecule has 5 nitrogen and oxygen atoms in total. The van der Waals surface area contributed by atoms with Crippen molar-refractivity contribution in [2.45, 2.75) is 13.8 Å². The molecule has 1 N–H and O–H groups in total. The third kappa shape index (κ3) is 4.58. The molecular formula is C22H21N3O2. The highest BCUT2D eigenvalue weighted by atomic mass is 16.5. The third-order valence-electron chi connectivity index (χ3n) is 4.27. The van der Waals surface area contributed by atoms with E-state index in [-0.39, 0.29) is 5.91 Å². The molecule has 1 aromatic carbocycles. The van der Waals surface area contributed by atoms with Gasteiger partial charge in [-0.3, -0.25) is 9.78 Å². The van der Waals surface area contributed by atoms with Gasteiger partial charge in [0.1, 0.15) is 0 Å². The number of carbonyl (C=O) groups excluding carboxylic acids is 1. The van der Waals surface area contributed by atoms with Gasteiger partial charge in [0, 0.05) is 42.0 Å². The predicted molar refractivity (Wildman–Crippen MR) is 108 cm³/mol. The Morgan fingerprint density at radius 3 is 2.56 bits per heavy atom. The first-order valence-corrected chi connectivity index (χ1v) is 8.57. The molecule has 0 saturated carbocycles. The fourth-order valence-corrected chi connectivity index (χ4v) is 2.60. The van der Waals surface area contributed by atoms with Gasteiger partial charge in [0.2, 0.25) is 11.8 Å². The average molecular weight is 359 g/mol. The molecule has 0 aliphatic heterocycles. The van der Waals surface area contributed by atoms with Crippen LogP contribution >= 0.6 is 0 Å². The van der Waals surface area contributed by atoms with Crippen molar-refractivity contribution in [2.75, 3.05) is 12.4 Å². The monoisotopic (exact) mass is 359 g/mol. The Hall–Kier alpha value is -3.47. The summed E-state index contributed by atoms with van der Waals surface area (Å²) < 4.78 is 5.09. The minimum Gasteiger partial charge on any atom is -0.481 e. The zero-order valence-electron chi connectivity index (χ0n) is 15.6. The topological polar surface area (TPSA) is 64.1 Å². The Balaban J connectivity index is 1.78. The lowest BCUT2D eigenvalue weighted by molar-refractivity contribution is -0.111. The summed E-state index contributed by atoms with van der Waals surface area (Å²) in [7, 11) is 1.59. The van der Waals surface area contributed by atoms with Gasteiger partial charge in [0.25, 0.3) is 0 Å². The first-order valence-electron chi connectivity index (χ1n) is 8.57. The minimum atomic E-state index is -0.189. The van der Waals surface area contributed by atoms with Crippen LogP contribution in [0.2, 0.25) is 0 Å². The standard InChI is InChI=1S/C22H21N3O2/c1-15-10-11-23-13-18(15)6-8-21(26)25-20-12-17(5-4-16(20)2)19-7-9-22(27-3)24-14-19/h4-14H,1-3H3,(H,25,26)/b8-6+. The summed E-state index contributed by atoms with van der Waals surface area (Å²) >= 11 is 0. The number of nitrogens with zero attached hydrogens (tertiary/aromatic N) is 2. The SMILES string of the molecule is COc1ccc(-c2ccc(C)c(NC(=O)/C=C/c3cnccc3C)c2)cn1. The van der Waals surface area contributed by atoms with Gasteiger partial charge in [-0.25, -0.2) is 4.98 Å². The van der Waals surface area contributed by atoms with Gasteiger partial charge < -0.3 is 10.1 Å². The molecule has 0 bridgehead atoms. The van der Waals surface area contributed by atoms with Crippen molar-refractivity contribution in [3.63, 3.8) is 0 Å². The van der Waals surface area contributed by atoms with E-state index in [0.29, 0.717) is 5.88 Å². The smallest absolute Gasteiger partial charge is 0.248 e. The normalized spacial score (nSPS) is 10.8. The van der Waals surface area contributed by atoms with Crippen LogP contribution in [0.15, 0.2) is 61.1 Å². The van der Waals surface area contributed by atoms with Crippen LogP contribution in [-0.2, 0) is 4.79 Å². The quantitative estimate of drug-likeness (QED) is 0.685. The third-order valence-corrected chi connectivity index (χ3v) is 4.27.